The second-order valence-electron chi connectivity index (χ2n) is 8.25. The number of hydrogen-bond acceptors (Lipinski definition) is 4. The molecule has 0 radical (unpaired) electrons. The number of carbonyl (C=O) groups excluding carboxylic acids is 1. The highest BCUT2D eigenvalue weighted by Crippen LogP contribution is 2.37. The van der Waals surface area contributed by atoms with Crippen molar-refractivity contribution in [3.05, 3.63) is 81.5 Å². The molecule has 1 saturated heterocycles. The summed E-state index contributed by atoms with van der Waals surface area (Å²) < 4.78 is 0. The summed E-state index contributed by atoms with van der Waals surface area (Å²) in [7, 11) is 0. The van der Waals surface area contributed by atoms with E-state index in [-0.39, 0.29) is 17.9 Å². The molecular weight excluding hydrogens is 426 g/mol. The highest BCUT2D eigenvalue weighted by molar-refractivity contribution is 7.09. The zero-order valence-electron chi connectivity index (χ0n) is 17.3. The van der Waals surface area contributed by atoms with Gasteiger partial charge in [0.15, 0.2) is 0 Å². The van der Waals surface area contributed by atoms with E-state index < -0.39 is 0 Å². The first kappa shape index (κ1) is 20.4. The molecule has 2 aromatic carbocycles. The van der Waals surface area contributed by atoms with Crippen molar-refractivity contribution in [3.63, 3.8) is 0 Å². The van der Waals surface area contributed by atoms with Crippen molar-refractivity contribution < 1.29 is 4.79 Å². The number of rotatable bonds is 5. The molecule has 2 aliphatic heterocycles. The first-order valence-electron chi connectivity index (χ1n) is 10.8. The number of thiophene rings is 1. The Morgan fingerprint density at radius 3 is 2.84 bits per heavy atom. The maximum atomic E-state index is 13.3. The Labute approximate surface area is 192 Å². The SMILES string of the molecule is O=C(NCCc1cccs1)C1Cc2ccccc2N2CCN(c3cccc(Cl)c3)CC12. The van der Waals surface area contributed by atoms with Crippen LogP contribution in [0.5, 0.6) is 0 Å². The van der Waals surface area contributed by atoms with E-state index in [2.05, 4.69) is 63.0 Å². The fraction of sp³-hybridized carbons (Fsp3) is 0.320. The number of anilines is 2. The maximum absolute atomic E-state index is 13.3. The molecular formula is C25H26ClN3OS. The average molecular weight is 452 g/mol. The van der Waals surface area contributed by atoms with Crippen molar-refractivity contribution in [2.75, 3.05) is 36.0 Å². The molecule has 6 heteroatoms. The number of nitrogens with zero attached hydrogens (tertiary/aromatic N) is 2. The second-order valence-corrected chi connectivity index (χ2v) is 9.72. The molecule has 0 bridgehead atoms. The smallest absolute Gasteiger partial charge is 0.225 e. The lowest BCUT2D eigenvalue weighted by atomic mass is 9.83. The first-order chi connectivity index (χ1) is 15.2. The molecule has 3 heterocycles. The quantitative estimate of drug-likeness (QED) is 0.614. The van der Waals surface area contributed by atoms with E-state index in [9.17, 15) is 4.79 Å². The Hall–Kier alpha value is -2.50. The number of benzene rings is 2. The number of hydrogen-bond donors (Lipinski definition) is 1. The Balaban J connectivity index is 1.36. The molecule has 0 aliphatic carbocycles. The summed E-state index contributed by atoms with van der Waals surface area (Å²) in [6.45, 7) is 3.31. The molecule has 1 fully saturated rings. The lowest BCUT2D eigenvalue weighted by Crippen LogP contribution is -2.61. The predicted molar refractivity (Wildman–Crippen MR) is 129 cm³/mol. The van der Waals surface area contributed by atoms with Gasteiger partial charge in [-0.2, -0.15) is 0 Å². The molecule has 2 unspecified atom stereocenters. The molecule has 2 atom stereocenters. The average Bonchev–Trinajstić information content (AvgIpc) is 3.31. The molecule has 3 aromatic rings. The van der Waals surface area contributed by atoms with Crippen LogP contribution in [0.3, 0.4) is 0 Å². The maximum Gasteiger partial charge on any atom is 0.225 e. The van der Waals surface area contributed by atoms with Crippen LogP contribution in [0.4, 0.5) is 11.4 Å². The van der Waals surface area contributed by atoms with Gasteiger partial charge in [0.05, 0.1) is 12.0 Å². The Morgan fingerprint density at radius 2 is 2.00 bits per heavy atom. The number of piperazine rings is 1. The van der Waals surface area contributed by atoms with E-state index in [0.29, 0.717) is 6.54 Å². The fourth-order valence-electron chi connectivity index (χ4n) is 4.86. The van der Waals surface area contributed by atoms with E-state index in [1.165, 1.54) is 16.1 Å². The molecule has 1 amide bonds. The monoisotopic (exact) mass is 451 g/mol. The molecule has 160 valence electrons. The van der Waals surface area contributed by atoms with Crippen molar-refractivity contribution in [2.45, 2.75) is 18.9 Å². The largest absolute Gasteiger partial charge is 0.368 e. The number of fused-ring (bicyclic) bond motifs is 3. The number of para-hydroxylation sites is 1. The van der Waals surface area contributed by atoms with Crippen LogP contribution in [0.1, 0.15) is 10.4 Å². The van der Waals surface area contributed by atoms with Gasteiger partial charge >= 0.3 is 0 Å². The Kier molecular flexibility index (Phi) is 5.88. The predicted octanol–water partition coefficient (Wildman–Crippen LogP) is 4.63. The number of halogens is 1. The van der Waals surface area contributed by atoms with Crippen LogP contribution in [0, 0.1) is 5.92 Å². The topological polar surface area (TPSA) is 35.6 Å². The molecule has 5 rings (SSSR count). The first-order valence-corrected chi connectivity index (χ1v) is 12.1. The van der Waals surface area contributed by atoms with Gasteiger partial charge in [0.1, 0.15) is 0 Å². The third-order valence-electron chi connectivity index (χ3n) is 6.38. The van der Waals surface area contributed by atoms with Crippen molar-refractivity contribution >= 4 is 40.2 Å². The summed E-state index contributed by atoms with van der Waals surface area (Å²) >= 11 is 7.99. The minimum atomic E-state index is -0.0692. The molecule has 1 aromatic heterocycles. The van der Waals surface area contributed by atoms with Gasteiger partial charge in [-0.25, -0.2) is 0 Å². The third kappa shape index (κ3) is 4.30. The van der Waals surface area contributed by atoms with Gasteiger partial charge < -0.3 is 15.1 Å². The van der Waals surface area contributed by atoms with Crippen LogP contribution < -0.4 is 15.1 Å². The van der Waals surface area contributed by atoms with Gasteiger partial charge in [0.25, 0.3) is 0 Å². The summed E-state index contributed by atoms with van der Waals surface area (Å²) in [5, 5.41) is 6.05. The van der Waals surface area contributed by atoms with E-state index in [4.69, 9.17) is 11.6 Å². The molecule has 0 saturated carbocycles. The third-order valence-corrected chi connectivity index (χ3v) is 7.56. The van der Waals surface area contributed by atoms with Gasteiger partial charge in [0.2, 0.25) is 5.91 Å². The number of nitrogens with one attached hydrogen (secondary N) is 1. The van der Waals surface area contributed by atoms with Gasteiger partial charge in [-0.05, 0) is 54.1 Å². The van der Waals surface area contributed by atoms with Crippen molar-refractivity contribution in [1.82, 2.24) is 5.32 Å². The van der Waals surface area contributed by atoms with E-state index in [1.807, 2.05) is 18.2 Å². The van der Waals surface area contributed by atoms with E-state index >= 15 is 0 Å². The van der Waals surface area contributed by atoms with Gasteiger partial charge in [-0.3, -0.25) is 4.79 Å². The van der Waals surface area contributed by atoms with Crippen LogP contribution >= 0.6 is 22.9 Å². The molecule has 1 N–H and O–H groups in total. The van der Waals surface area contributed by atoms with Gasteiger partial charge in [-0.15, -0.1) is 11.3 Å². The summed E-state index contributed by atoms with van der Waals surface area (Å²) in [4.78, 5) is 19.4. The van der Waals surface area contributed by atoms with Crippen LogP contribution in [-0.2, 0) is 17.6 Å². The normalized spacial score (nSPS) is 20.2. The zero-order chi connectivity index (χ0) is 21.2. The van der Waals surface area contributed by atoms with Crippen LogP contribution in [-0.4, -0.2) is 38.1 Å². The lowest BCUT2D eigenvalue weighted by molar-refractivity contribution is -0.125. The standard InChI is InChI=1S/C25H26ClN3OS/c26-19-6-3-7-20(16-19)28-12-13-29-23-9-2-1-5-18(23)15-22(24(29)17-28)25(30)27-11-10-21-8-4-14-31-21/h1-9,14,16,22,24H,10-13,15,17H2,(H,27,30). The summed E-state index contributed by atoms with van der Waals surface area (Å²) in [6, 6.07) is 20.9. The fourth-order valence-corrected chi connectivity index (χ4v) is 5.75. The van der Waals surface area contributed by atoms with Gasteiger partial charge in [0, 0.05) is 47.5 Å². The van der Waals surface area contributed by atoms with Crippen molar-refractivity contribution in [3.8, 4) is 0 Å². The number of amides is 1. The zero-order valence-corrected chi connectivity index (χ0v) is 18.9. The van der Waals surface area contributed by atoms with Gasteiger partial charge in [-0.1, -0.05) is 41.9 Å². The molecule has 31 heavy (non-hydrogen) atoms. The van der Waals surface area contributed by atoms with Crippen LogP contribution in [0.25, 0.3) is 0 Å². The minimum Gasteiger partial charge on any atom is -0.368 e. The highest BCUT2D eigenvalue weighted by atomic mass is 35.5. The summed E-state index contributed by atoms with van der Waals surface area (Å²) in [6.07, 6.45) is 1.67. The molecule has 4 nitrogen and oxygen atoms in total. The lowest BCUT2D eigenvalue weighted by Gasteiger charge is -2.49. The van der Waals surface area contributed by atoms with Crippen molar-refractivity contribution in [1.29, 1.82) is 0 Å². The van der Waals surface area contributed by atoms with E-state index in [0.717, 1.165) is 43.2 Å². The highest BCUT2D eigenvalue weighted by Gasteiger charge is 2.41. The molecule has 0 spiro atoms. The van der Waals surface area contributed by atoms with Crippen LogP contribution in [0.2, 0.25) is 5.02 Å². The minimum absolute atomic E-state index is 0.0692. The summed E-state index contributed by atoms with van der Waals surface area (Å²) in [5.41, 5.74) is 3.68. The molecule has 2 aliphatic rings. The Morgan fingerprint density at radius 1 is 1.10 bits per heavy atom. The van der Waals surface area contributed by atoms with Crippen molar-refractivity contribution in [2.24, 2.45) is 5.92 Å². The van der Waals surface area contributed by atoms with Crippen LogP contribution in [0.15, 0.2) is 66.0 Å². The Bertz CT molecular complexity index is 1050. The second kappa shape index (κ2) is 8.93. The number of carbonyl (C=O) groups is 1. The van der Waals surface area contributed by atoms with E-state index in [1.54, 1.807) is 11.3 Å². The summed E-state index contributed by atoms with van der Waals surface area (Å²) in [5.74, 6) is 0.0919.